The van der Waals surface area contributed by atoms with E-state index >= 15 is 0 Å². The fraction of sp³-hybridized carbons (Fsp3) is 0.778. The SMILES string of the molecule is C=C1CC[C@@H](O)C/C1=C/C=C1\CCC[C@@]2(C)[C@H]1CC[C@@H]2[C@@](C)(O)CC[C@@H](O)C(C)C. The van der Waals surface area contributed by atoms with E-state index in [2.05, 4.69) is 25.7 Å². The average Bonchev–Trinajstić information content (AvgIpc) is 3.05. The Labute approximate surface area is 184 Å². The molecule has 3 saturated carbocycles. The number of allylic oxidation sites excluding steroid dienone is 4. The molecule has 0 radical (unpaired) electrons. The van der Waals surface area contributed by atoms with E-state index in [1.54, 1.807) is 0 Å². The van der Waals surface area contributed by atoms with Gasteiger partial charge in [0.05, 0.1) is 17.8 Å². The van der Waals surface area contributed by atoms with Crippen molar-refractivity contribution in [1.82, 2.24) is 0 Å². The van der Waals surface area contributed by atoms with Crippen LogP contribution < -0.4 is 0 Å². The van der Waals surface area contributed by atoms with E-state index in [0.717, 1.165) is 38.5 Å². The molecule has 3 nitrogen and oxygen atoms in total. The summed E-state index contributed by atoms with van der Waals surface area (Å²) in [6, 6.07) is 0. The second-order valence-corrected chi connectivity index (χ2v) is 11.2. The van der Waals surface area contributed by atoms with Gasteiger partial charge in [0, 0.05) is 0 Å². The van der Waals surface area contributed by atoms with E-state index in [4.69, 9.17) is 0 Å². The molecule has 0 amide bonds. The maximum absolute atomic E-state index is 11.5. The van der Waals surface area contributed by atoms with Crippen LogP contribution in [0.2, 0.25) is 0 Å². The van der Waals surface area contributed by atoms with Gasteiger partial charge in [-0.15, -0.1) is 0 Å². The normalized spacial score (nSPS) is 38.1. The molecule has 0 aliphatic heterocycles. The number of aliphatic hydroxyl groups is 3. The zero-order valence-electron chi connectivity index (χ0n) is 19.7. The Morgan fingerprint density at radius 3 is 2.63 bits per heavy atom. The van der Waals surface area contributed by atoms with Crippen molar-refractivity contribution in [3.63, 3.8) is 0 Å². The lowest BCUT2D eigenvalue weighted by atomic mass is 9.59. The predicted octanol–water partition coefficient (Wildman–Crippen LogP) is 5.70. The highest BCUT2D eigenvalue weighted by molar-refractivity contribution is 5.36. The second kappa shape index (κ2) is 9.30. The quantitative estimate of drug-likeness (QED) is 0.520. The minimum absolute atomic E-state index is 0.123. The molecule has 0 heterocycles. The van der Waals surface area contributed by atoms with Gasteiger partial charge in [0.15, 0.2) is 0 Å². The Morgan fingerprint density at radius 1 is 1.20 bits per heavy atom. The van der Waals surface area contributed by atoms with Crippen LogP contribution in [0.3, 0.4) is 0 Å². The minimum Gasteiger partial charge on any atom is -0.393 e. The first kappa shape index (κ1) is 23.8. The third kappa shape index (κ3) is 4.95. The molecule has 3 fully saturated rings. The number of hydrogen-bond donors (Lipinski definition) is 3. The van der Waals surface area contributed by atoms with Gasteiger partial charge in [0.2, 0.25) is 0 Å². The Balaban J connectivity index is 1.75. The molecular formula is C27H44O3. The fourth-order valence-electron chi connectivity index (χ4n) is 6.60. The van der Waals surface area contributed by atoms with Gasteiger partial charge in [0.1, 0.15) is 0 Å². The van der Waals surface area contributed by atoms with E-state index in [1.807, 2.05) is 20.8 Å². The van der Waals surface area contributed by atoms with Crippen molar-refractivity contribution < 1.29 is 15.3 Å². The van der Waals surface area contributed by atoms with Crippen LogP contribution in [0.1, 0.15) is 91.9 Å². The van der Waals surface area contributed by atoms with Crippen LogP contribution in [0.4, 0.5) is 0 Å². The van der Waals surface area contributed by atoms with Crippen LogP contribution in [0, 0.1) is 23.2 Å². The van der Waals surface area contributed by atoms with E-state index in [0.29, 0.717) is 18.8 Å². The molecule has 3 N–H and O–H groups in total. The summed E-state index contributed by atoms with van der Waals surface area (Å²) in [5, 5.41) is 31.7. The van der Waals surface area contributed by atoms with Crippen molar-refractivity contribution in [2.24, 2.45) is 23.2 Å². The first-order chi connectivity index (χ1) is 14.0. The maximum atomic E-state index is 11.5. The van der Waals surface area contributed by atoms with Crippen molar-refractivity contribution in [3.8, 4) is 0 Å². The highest BCUT2D eigenvalue weighted by atomic mass is 16.3. The topological polar surface area (TPSA) is 60.7 Å². The second-order valence-electron chi connectivity index (χ2n) is 11.2. The number of hydrogen-bond acceptors (Lipinski definition) is 3. The lowest BCUT2D eigenvalue weighted by Crippen LogP contribution is -2.45. The molecule has 3 heteroatoms. The molecule has 6 atom stereocenters. The maximum Gasteiger partial charge on any atom is 0.0654 e. The Kier molecular flexibility index (Phi) is 7.37. The smallest absolute Gasteiger partial charge is 0.0654 e. The largest absolute Gasteiger partial charge is 0.393 e. The van der Waals surface area contributed by atoms with Gasteiger partial charge in [-0.2, -0.15) is 0 Å². The summed E-state index contributed by atoms with van der Waals surface area (Å²) in [7, 11) is 0. The molecule has 0 bridgehead atoms. The van der Waals surface area contributed by atoms with E-state index in [-0.39, 0.29) is 29.5 Å². The summed E-state index contributed by atoms with van der Waals surface area (Å²) in [4.78, 5) is 0. The van der Waals surface area contributed by atoms with Crippen LogP contribution in [-0.2, 0) is 0 Å². The van der Waals surface area contributed by atoms with Crippen molar-refractivity contribution >= 4 is 0 Å². The van der Waals surface area contributed by atoms with Gasteiger partial charge in [-0.05, 0) is 99.9 Å². The van der Waals surface area contributed by atoms with Gasteiger partial charge in [-0.25, -0.2) is 0 Å². The third-order valence-electron chi connectivity index (χ3n) is 8.62. The Morgan fingerprint density at radius 2 is 1.93 bits per heavy atom. The van der Waals surface area contributed by atoms with E-state index in [9.17, 15) is 15.3 Å². The lowest BCUT2D eigenvalue weighted by Gasteiger charge is -2.47. The highest BCUT2D eigenvalue weighted by Crippen LogP contribution is 2.60. The van der Waals surface area contributed by atoms with Crippen molar-refractivity contribution in [2.75, 3.05) is 0 Å². The predicted molar refractivity (Wildman–Crippen MR) is 124 cm³/mol. The van der Waals surface area contributed by atoms with E-state index < -0.39 is 5.60 Å². The Hall–Kier alpha value is -0.900. The molecule has 170 valence electrons. The van der Waals surface area contributed by atoms with Gasteiger partial charge in [0.25, 0.3) is 0 Å². The average molecular weight is 417 g/mol. The molecule has 0 aromatic heterocycles. The zero-order chi connectivity index (χ0) is 22.1. The van der Waals surface area contributed by atoms with Crippen LogP contribution in [0.5, 0.6) is 0 Å². The number of fused-ring (bicyclic) bond motifs is 1. The molecule has 3 aliphatic rings. The molecule has 0 saturated heterocycles. The first-order valence-electron chi connectivity index (χ1n) is 12.2. The van der Waals surface area contributed by atoms with Crippen LogP contribution >= 0.6 is 0 Å². The molecule has 30 heavy (non-hydrogen) atoms. The molecule has 0 spiro atoms. The fourth-order valence-corrected chi connectivity index (χ4v) is 6.60. The monoisotopic (exact) mass is 416 g/mol. The van der Waals surface area contributed by atoms with Gasteiger partial charge in [-0.3, -0.25) is 0 Å². The molecular weight excluding hydrogens is 372 g/mol. The molecule has 3 rings (SSSR count). The summed E-state index contributed by atoms with van der Waals surface area (Å²) in [6.07, 6.45) is 13.4. The zero-order valence-corrected chi connectivity index (χ0v) is 19.7. The van der Waals surface area contributed by atoms with Gasteiger partial charge >= 0.3 is 0 Å². The summed E-state index contributed by atoms with van der Waals surface area (Å²) >= 11 is 0. The van der Waals surface area contributed by atoms with E-state index in [1.165, 1.54) is 29.6 Å². The summed E-state index contributed by atoms with van der Waals surface area (Å²) in [5.41, 5.74) is 3.29. The van der Waals surface area contributed by atoms with Crippen LogP contribution in [-0.4, -0.2) is 33.1 Å². The summed E-state index contributed by atoms with van der Waals surface area (Å²) in [6.45, 7) is 12.7. The van der Waals surface area contributed by atoms with Crippen molar-refractivity contribution in [2.45, 2.75) is 110 Å². The number of aliphatic hydroxyl groups excluding tert-OH is 2. The third-order valence-corrected chi connectivity index (χ3v) is 8.62. The van der Waals surface area contributed by atoms with Crippen LogP contribution in [0.15, 0.2) is 35.5 Å². The summed E-state index contributed by atoms with van der Waals surface area (Å²) in [5.74, 6) is 1.03. The summed E-state index contributed by atoms with van der Waals surface area (Å²) < 4.78 is 0. The molecule has 0 unspecified atom stereocenters. The van der Waals surface area contributed by atoms with Gasteiger partial charge in [-0.1, -0.05) is 50.6 Å². The minimum atomic E-state index is -0.734. The van der Waals surface area contributed by atoms with Crippen molar-refractivity contribution in [1.29, 1.82) is 0 Å². The van der Waals surface area contributed by atoms with Gasteiger partial charge < -0.3 is 15.3 Å². The van der Waals surface area contributed by atoms with Crippen molar-refractivity contribution in [3.05, 3.63) is 35.5 Å². The Bertz CT molecular complexity index is 686. The lowest BCUT2D eigenvalue weighted by molar-refractivity contribution is -0.0722. The number of rotatable bonds is 6. The standard InChI is InChI=1S/C27H44O3/c1-18(2)24(29)14-16-27(5,30)25-13-12-23-20(7-6-15-26(23,25)4)9-10-21-17-22(28)11-8-19(21)3/h9-10,18,22-25,28-30H,3,6-8,11-17H2,1-2,4-5H3/b20-9+,21-10-/t22-,23+,24-,25+,26+,27+/m1/s1. The molecule has 0 aromatic rings. The molecule has 3 aliphatic carbocycles. The first-order valence-corrected chi connectivity index (χ1v) is 12.2. The molecule has 0 aromatic carbocycles. The highest BCUT2D eigenvalue weighted by Gasteiger charge is 2.54. The van der Waals surface area contributed by atoms with Crippen LogP contribution in [0.25, 0.3) is 0 Å².